The molecule has 0 radical (unpaired) electrons. The quantitative estimate of drug-likeness (QED) is 0.739. The minimum atomic E-state index is -1.18. The average molecular weight is 306 g/mol. The third-order valence-electron chi connectivity index (χ3n) is 6.90. The highest BCUT2D eigenvalue weighted by Gasteiger charge is 2.60. The molecular formula is C17H24NO4-. The summed E-state index contributed by atoms with van der Waals surface area (Å²) < 4.78 is 5.92. The Bertz CT molecular complexity index is 499. The van der Waals surface area contributed by atoms with Crippen LogP contribution in [-0.4, -0.2) is 35.2 Å². The Morgan fingerprint density at radius 1 is 1.18 bits per heavy atom. The zero-order valence-corrected chi connectivity index (χ0v) is 13.3. The largest absolute Gasteiger partial charge is 0.548 e. The molecule has 0 aromatic carbocycles. The van der Waals surface area contributed by atoms with Crippen molar-refractivity contribution >= 4 is 12.1 Å². The maximum absolute atomic E-state index is 12.3. The number of hydrogen-bond acceptors (Lipinski definition) is 4. The van der Waals surface area contributed by atoms with Crippen LogP contribution >= 0.6 is 0 Å². The summed E-state index contributed by atoms with van der Waals surface area (Å²) in [6.07, 6.45) is 5.52. The van der Waals surface area contributed by atoms with Crippen LogP contribution in [0.1, 0.15) is 46.0 Å². The zero-order chi connectivity index (χ0) is 15.6. The summed E-state index contributed by atoms with van der Waals surface area (Å²) in [5.41, 5.74) is -0.396. The van der Waals surface area contributed by atoms with Crippen molar-refractivity contribution < 1.29 is 19.4 Å². The van der Waals surface area contributed by atoms with Gasteiger partial charge in [0, 0.05) is 0 Å². The van der Waals surface area contributed by atoms with Crippen molar-refractivity contribution in [3.05, 3.63) is 0 Å². The lowest BCUT2D eigenvalue weighted by Crippen LogP contribution is -2.41. The van der Waals surface area contributed by atoms with Crippen LogP contribution in [0.5, 0.6) is 0 Å². The van der Waals surface area contributed by atoms with Crippen molar-refractivity contribution in [3.63, 3.8) is 0 Å². The van der Waals surface area contributed by atoms with Crippen LogP contribution in [0.3, 0.4) is 0 Å². The maximum Gasteiger partial charge on any atom is 0.411 e. The molecule has 1 aliphatic heterocycles. The minimum Gasteiger partial charge on any atom is -0.548 e. The second-order valence-corrected chi connectivity index (χ2v) is 8.14. The lowest BCUT2D eigenvalue weighted by molar-refractivity contribution is -0.305. The van der Waals surface area contributed by atoms with Gasteiger partial charge in [0.2, 0.25) is 0 Å². The first-order valence-electron chi connectivity index (χ1n) is 8.62. The summed E-state index contributed by atoms with van der Waals surface area (Å²) in [7, 11) is 0. The Balaban J connectivity index is 1.48. The molecule has 4 aliphatic rings. The van der Waals surface area contributed by atoms with Crippen LogP contribution in [0.15, 0.2) is 0 Å². The van der Waals surface area contributed by atoms with Gasteiger partial charge in [-0.3, -0.25) is 4.90 Å². The number of nitrogens with zero attached hydrogens (tertiary/aromatic N) is 1. The summed E-state index contributed by atoms with van der Waals surface area (Å²) in [6, 6.07) is -0.784. The van der Waals surface area contributed by atoms with Gasteiger partial charge in [-0.05, 0) is 61.7 Å². The van der Waals surface area contributed by atoms with E-state index in [9.17, 15) is 14.7 Å². The summed E-state index contributed by atoms with van der Waals surface area (Å²) in [6.45, 7) is 4.47. The molecule has 3 saturated carbocycles. The number of carboxylic acids is 1. The number of amides is 1. The topological polar surface area (TPSA) is 69.4 Å². The van der Waals surface area contributed by atoms with Crippen molar-refractivity contribution in [2.75, 3.05) is 6.54 Å². The van der Waals surface area contributed by atoms with Gasteiger partial charge in [-0.25, -0.2) is 4.79 Å². The van der Waals surface area contributed by atoms with E-state index < -0.39 is 23.7 Å². The van der Waals surface area contributed by atoms with E-state index >= 15 is 0 Å². The van der Waals surface area contributed by atoms with Crippen molar-refractivity contribution in [2.24, 2.45) is 29.6 Å². The fourth-order valence-electron chi connectivity index (χ4n) is 5.49. The van der Waals surface area contributed by atoms with E-state index in [4.69, 9.17) is 4.74 Å². The molecule has 22 heavy (non-hydrogen) atoms. The molecule has 5 nitrogen and oxygen atoms in total. The normalized spacial score (nSPS) is 45.2. The highest BCUT2D eigenvalue weighted by atomic mass is 16.6. The number of carboxylic acid groups (broad SMARTS) is 1. The third-order valence-corrected chi connectivity index (χ3v) is 6.90. The lowest BCUT2D eigenvalue weighted by atomic mass is 9.82. The summed E-state index contributed by atoms with van der Waals surface area (Å²) in [5, 5.41) is 10.8. The standard InChI is InChI=1S/C17H25NO4/c1-9(2)17(22-16(21)18-8-14(18)15(19)20)6-12-10-3-4-11(5-10)13(12)7-17/h9-14H,3-8H2,1-2H3,(H,19,20)/p-1. The predicted molar refractivity (Wildman–Crippen MR) is 76.6 cm³/mol. The van der Waals surface area contributed by atoms with Gasteiger partial charge in [-0.2, -0.15) is 0 Å². The van der Waals surface area contributed by atoms with E-state index in [0.29, 0.717) is 11.8 Å². The van der Waals surface area contributed by atoms with Gasteiger partial charge in [0.05, 0.1) is 18.6 Å². The SMILES string of the molecule is CC(C)C1(OC(=O)N2CC2C(=O)[O-])CC2C3CCC(C3)C2C1. The molecule has 5 unspecified atom stereocenters. The molecule has 1 amide bonds. The number of ether oxygens (including phenoxy) is 1. The highest BCUT2D eigenvalue weighted by molar-refractivity contribution is 5.84. The van der Waals surface area contributed by atoms with Crippen molar-refractivity contribution in [1.29, 1.82) is 0 Å². The van der Waals surface area contributed by atoms with E-state index in [0.717, 1.165) is 24.7 Å². The lowest BCUT2D eigenvalue weighted by Gasteiger charge is -2.34. The van der Waals surface area contributed by atoms with E-state index in [1.807, 2.05) is 0 Å². The van der Waals surface area contributed by atoms with Crippen LogP contribution in [0.25, 0.3) is 0 Å². The molecule has 5 atom stereocenters. The zero-order valence-electron chi connectivity index (χ0n) is 13.3. The summed E-state index contributed by atoms with van der Waals surface area (Å²) in [4.78, 5) is 24.4. The van der Waals surface area contributed by atoms with Crippen LogP contribution in [0.2, 0.25) is 0 Å². The molecule has 0 aromatic heterocycles. The van der Waals surface area contributed by atoms with Crippen LogP contribution in [0, 0.1) is 29.6 Å². The molecule has 2 bridgehead atoms. The second-order valence-electron chi connectivity index (χ2n) is 8.14. The molecular weight excluding hydrogens is 282 g/mol. The first-order valence-corrected chi connectivity index (χ1v) is 8.62. The van der Waals surface area contributed by atoms with E-state index in [1.165, 1.54) is 24.2 Å². The van der Waals surface area contributed by atoms with E-state index in [-0.39, 0.29) is 12.5 Å². The van der Waals surface area contributed by atoms with E-state index in [2.05, 4.69) is 13.8 Å². The fourth-order valence-corrected chi connectivity index (χ4v) is 5.49. The molecule has 3 aliphatic carbocycles. The Morgan fingerprint density at radius 3 is 2.23 bits per heavy atom. The maximum atomic E-state index is 12.3. The molecule has 1 saturated heterocycles. The number of hydrogen-bond donors (Lipinski definition) is 0. The van der Waals surface area contributed by atoms with Crippen LogP contribution in [0.4, 0.5) is 4.79 Å². The number of carbonyl (C=O) groups excluding carboxylic acids is 2. The highest BCUT2D eigenvalue weighted by Crippen LogP contribution is 2.63. The summed E-state index contributed by atoms with van der Waals surface area (Å²) >= 11 is 0. The minimum absolute atomic E-state index is 0.230. The van der Waals surface area contributed by atoms with Gasteiger partial charge < -0.3 is 14.6 Å². The molecule has 122 valence electrons. The van der Waals surface area contributed by atoms with Crippen LogP contribution < -0.4 is 5.11 Å². The molecule has 0 N–H and O–H groups in total. The molecule has 4 rings (SSSR count). The van der Waals surface area contributed by atoms with Crippen LogP contribution in [-0.2, 0) is 9.53 Å². The van der Waals surface area contributed by atoms with Gasteiger partial charge in [-0.1, -0.05) is 13.8 Å². The van der Waals surface area contributed by atoms with Gasteiger partial charge in [-0.15, -0.1) is 0 Å². The molecule has 4 fully saturated rings. The smallest absolute Gasteiger partial charge is 0.411 e. The van der Waals surface area contributed by atoms with Crippen molar-refractivity contribution in [2.45, 2.75) is 57.6 Å². The predicted octanol–water partition coefficient (Wildman–Crippen LogP) is 1.41. The van der Waals surface area contributed by atoms with Gasteiger partial charge in [0.15, 0.2) is 0 Å². The van der Waals surface area contributed by atoms with Gasteiger partial charge in [0.1, 0.15) is 5.60 Å². The molecule has 1 heterocycles. The fraction of sp³-hybridized carbons (Fsp3) is 0.882. The van der Waals surface area contributed by atoms with Gasteiger partial charge in [0.25, 0.3) is 0 Å². The number of fused-ring (bicyclic) bond motifs is 5. The van der Waals surface area contributed by atoms with Crippen molar-refractivity contribution in [1.82, 2.24) is 4.90 Å². The monoisotopic (exact) mass is 306 g/mol. The first kappa shape index (κ1) is 14.3. The molecule has 0 spiro atoms. The second kappa shape index (κ2) is 4.62. The average Bonchev–Trinajstić information content (AvgIpc) is 2.82. The Labute approximate surface area is 131 Å². The third kappa shape index (κ3) is 1.97. The number of carbonyl (C=O) groups is 2. The number of aliphatic carboxylic acids is 1. The van der Waals surface area contributed by atoms with Gasteiger partial charge >= 0.3 is 6.09 Å². The van der Waals surface area contributed by atoms with Crippen molar-refractivity contribution in [3.8, 4) is 0 Å². The Morgan fingerprint density at radius 2 is 1.77 bits per heavy atom. The Hall–Kier alpha value is -1.26. The Kier molecular flexibility index (Phi) is 3.01. The number of rotatable bonds is 3. The molecule has 5 heteroatoms. The first-order chi connectivity index (χ1) is 10.4. The molecule has 0 aromatic rings. The summed E-state index contributed by atoms with van der Waals surface area (Å²) in [5.74, 6) is 2.15. The van der Waals surface area contributed by atoms with E-state index in [1.54, 1.807) is 0 Å².